The van der Waals surface area contributed by atoms with Crippen molar-refractivity contribution in [3.63, 3.8) is 0 Å². The lowest BCUT2D eigenvalue weighted by Crippen LogP contribution is -2.30. The van der Waals surface area contributed by atoms with Gasteiger partial charge < -0.3 is 14.2 Å². The van der Waals surface area contributed by atoms with E-state index in [-0.39, 0.29) is 25.2 Å². The van der Waals surface area contributed by atoms with Gasteiger partial charge in [0.15, 0.2) is 6.10 Å². The maximum atomic E-state index is 12.8. The molecule has 5 heteroatoms. The monoisotopic (exact) mass is 885 g/mol. The first kappa shape index (κ1) is 60.3. The molecule has 0 aromatic rings. The second-order valence-electron chi connectivity index (χ2n) is 16.7. The average Bonchev–Trinajstić information content (AvgIpc) is 3.30. The predicted octanol–water partition coefficient (Wildman–Crippen LogP) is 17.8. The number of esters is 2. The van der Waals surface area contributed by atoms with Crippen LogP contribution in [0.25, 0.3) is 0 Å². The minimum absolute atomic E-state index is 0.0489. The Morgan fingerprint density at radius 3 is 1.14 bits per heavy atom. The van der Waals surface area contributed by atoms with Gasteiger partial charge in [-0.2, -0.15) is 0 Å². The number of carbonyl (C=O) groups is 2. The predicted molar refractivity (Wildman–Crippen MR) is 279 cm³/mol. The Morgan fingerprint density at radius 1 is 0.359 bits per heavy atom. The number of allylic oxidation sites excluding steroid dienone is 20. The van der Waals surface area contributed by atoms with Crippen molar-refractivity contribution in [2.24, 2.45) is 0 Å². The summed E-state index contributed by atoms with van der Waals surface area (Å²) in [6.45, 7) is 7.45. The van der Waals surface area contributed by atoms with E-state index in [0.717, 1.165) is 128 Å². The summed E-state index contributed by atoms with van der Waals surface area (Å²) in [6.07, 6.45) is 74.9. The molecule has 0 N–H and O–H groups in total. The number of unbranched alkanes of at least 4 members (excludes halogenated alkanes) is 15. The highest BCUT2D eigenvalue weighted by atomic mass is 16.6. The van der Waals surface area contributed by atoms with Crippen molar-refractivity contribution in [2.45, 2.75) is 219 Å². The minimum atomic E-state index is -0.573. The number of ether oxygens (including phenoxy) is 3. The Bertz CT molecular complexity index is 1320. The van der Waals surface area contributed by atoms with Gasteiger partial charge in [-0.25, -0.2) is 0 Å². The Labute approximate surface area is 395 Å². The van der Waals surface area contributed by atoms with E-state index >= 15 is 0 Å². The second kappa shape index (κ2) is 53.6. The molecule has 1 atom stereocenters. The molecule has 0 aromatic heterocycles. The van der Waals surface area contributed by atoms with Gasteiger partial charge in [0.25, 0.3) is 0 Å². The van der Waals surface area contributed by atoms with Crippen molar-refractivity contribution in [1.29, 1.82) is 0 Å². The zero-order chi connectivity index (χ0) is 46.3. The highest BCUT2D eigenvalue weighted by molar-refractivity contribution is 5.70. The number of carbonyl (C=O) groups excluding carboxylic acids is 2. The van der Waals surface area contributed by atoms with Gasteiger partial charge in [-0.05, 0) is 122 Å². The maximum Gasteiger partial charge on any atom is 0.306 e. The summed E-state index contributed by atoms with van der Waals surface area (Å²) in [5.41, 5.74) is 0. The van der Waals surface area contributed by atoms with Crippen LogP contribution >= 0.6 is 0 Å². The Morgan fingerprint density at radius 2 is 0.703 bits per heavy atom. The fraction of sp³-hybridized carbons (Fsp3) is 0.627. The molecule has 5 nitrogen and oxygen atoms in total. The van der Waals surface area contributed by atoms with Crippen LogP contribution in [0.3, 0.4) is 0 Å². The number of hydrogen-bond donors (Lipinski definition) is 0. The molecule has 1 unspecified atom stereocenters. The molecule has 0 radical (unpaired) electrons. The Hall–Kier alpha value is -3.70. The lowest BCUT2D eigenvalue weighted by Gasteiger charge is -2.18. The molecule has 64 heavy (non-hydrogen) atoms. The van der Waals surface area contributed by atoms with Gasteiger partial charge in [0.05, 0.1) is 6.61 Å². The summed E-state index contributed by atoms with van der Waals surface area (Å²) in [6, 6.07) is 0. The van der Waals surface area contributed by atoms with Crippen LogP contribution in [-0.4, -0.2) is 37.9 Å². The summed E-state index contributed by atoms with van der Waals surface area (Å²) in [4.78, 5) is 25.4. The van der Waals surface area contributed by atoms with Crippen molar-refractivity contribution >= 4 is 11.9 Å². The molecule has 0 fully saturated rings. The van der Waals surface area contributed by atoms with E-state index in [1.165, 1.54) is 51.4 Å². The van der Waals surface area contributed by atoms with Crippen molar-refractivity contribution in [2.75, 3.05) is 19.8 Å². The molecular weight excluding hydrogens is 789 g/mol. The normalized spacial score (nSPS) is 13.2. The summed E-state index contributed by atoms with van der Waals surface area (Å²) < 4.78 is 17.4. The van der Waals surface area contributed by atoms with Crippen LogP contribution in [0.4, 0.5) is 0 Å². The first-order valence-electron chi connectivity index (χ1n) is 26.1. The maximum absolute atomic E-state index is 12.8. The molecule has 0 bridgehead atoms. The topological polar surface area (TPSA) is 61.8 Å². The largest absolute Gasteiger partial charge is 0.462 e. The number of rotatable bonds is 46. The zero-order valence-electron chi connectivity index (χ0n) is 41.5. The molecule has 0 aromatic carbocycles. The molecule has 0 saturated carbocycles. The first-order chi connectivity index (χ1) is 31.6. The average molecular weight is 885 g/mol. The van der Waals surface area contributed by atoms with Crippen molar-refractivity contribution in [3.05, 3.63) is 122 Å². The van der Waals surface area contributed by atoms with Crippen LogP contribution in [-0.2, 0) is 23.8 Å². The van der Waals surface area contributed by atoms with E-state index in [9.17, 15) is 9.59 Å². The summed E-state index contributed by atoms with van der Waals surface area (Å²) in [5, 5.41) is 0. The van der Waals surface area contributed by atoms with Gasteiger partial charge in [0.1, 0.15) is 6.61 Å². The van der Waals surface area contributed by atoms with Crippen molar-refractivity contribution < 1.29 is 23.8 Å². The third kappa shape index (κ3) is 50.9. The molecule has 0 amide bonds. The Balaban J connectivity index is 4.40. The van der Waals surface area contributed by atoms with E-state index in [1.807, 2.05) is 0 Å². The smallest absolute Gasteiger partial charge is 0.306 e. The van der Waals surface area contributed by atoms with E-state index < -0.39 is 6.10 Å². The highest BCUT2D eigenvalue weighted by Gasteiger charge is 2.17. The SMILES string of the molecule is CC/C=C\C/C=C\C/C=C\C/C=C\C/C=C\CCCCCC(=O)OCC(COCCCCCCCC/C=C\C/C=C\CCC)OC(=O)CCCCCCC/C=C\C/C=C\C/C=C\CC. The van der Waals surface area contributed by atoms with Crippen molar-refractivity contribution in [1.82, 2.24) is 0 Å². The molecule has 0 rings (SSSR count). The quantitative estimate of drug-likeness (QED) is 0.0346. The molecule has 0 aliphatic heterocycles. The van der Waals surface area contributed by atoms with Crippen LogP contribution in [0.2, 0.25) is 0 Å². The first-order valence-corrected chi connectivity index (χ1v) is 26.1. The van der Waals surface area contributed by atoms with Crippen LogP contribution in [0.1, 0.15) is 213 Å². The molecule has 0 saturated heterocycles. The van der Waals surface area contributed by atoms with Gasteiger partial charge in [-0.15, -0.1) is 0 Å². The van der Waals surface area contributed by atoms with Crippen LogP contribution < -0.4 is 0 Å². The fourth-order valence-corrected chi connectivity index (χ4v) is 6.65. The zero-order valence-corrected chi connectivity index (χ0v) is 41.5. The van der Waals surface area contributed by atoms with Crippen LogP contribution in [0.15, 0.2) is 122 Å². The molecule has 0 spiro atoms. The molecule has 362 valence electrons. The third-order valence-electron chi connectivity index (χ3n) is 10.4. The number of hydrogen-bond acceptors (Lipinski definition) is 5. The summed E-state index contributed by atoms with van der Waals surface area (Å²) in [5.74, 6) is -0.468. The second-order valence-corrected chi connectivity index (χ2v) is 16.7. The Kier molecular flexibility index (Phi) is 50.5. The molecule has 0 heterocycles. The third-order valence-corrected chi connectivity index (χ3v) is 10.4. The van der Waals surface area contributed by atoms with Crippen LogP contribution in [0, 0.1) is 0 Å². The minimum Gasteiger partial charge on any atom is -0.462 e. The lowest BCUT2D eigenvalue weighted by atomic mass is 10.1. The van der Waals surface area contributed by atoms with Crippen molar-refractivity contribution in [3.8, 4) is 0 Å². The van der Waals surface area contributed by atoms with Gasteiger partial charge >= 0.3 is 11.9 Å². The van der Waals surface area contributed by atoms with Gasteiger partial charge in [-0.3, -0.25) is 9.59 Å². The summed E-state index contributed by atoms with van der Waals surface area (Å²) in [7, 11) is 0. The van der Waals surface area contributed by atoms with E-state index in [2.05, 4.69) is 142 Å². The van der Waals surface area contributed by atoms with Gasteiger partial charge in [0, 0.05) is 19.4 Å². The fourth-order valence-electron chi connectivity index (χ4n) is 6.65. The van der Waals surface area contributed by atoms with Gasteiger partial charge in [-0.1, -0.05) is 200 Å². The standard InChI is InChI=1S/C59H96O5/c1-4-7-10-13-16-19-22-25-28-29-30-31-33-34-37-40-43-46-49-52-58(60)63-56-57(55-62-54-51-48-45-42-39-36-27-24-21-18-15-12-9-6-3)64-59(61)53-50-47-44-41-38-35-32-26-23-20-17-14-11-8-5-2/h7-8,10-12,15-17,19-21,24-26,28,30-32,34,37,57H,4-6,9,13-14,18,22-23,27,29,33,35-36,38-56H2,1-3H3/b10-7-,11-8-,15-12-,19-16-,20-17-,24-21-,28-25-,31-30-,32-26-,37-34-. The summed E-state index contributed by atoms with van der Waals surface area (Å²) >= 11 is 0. The molecule has 0 aliphatic carbocycles. The molecule has 0 aliphatic rings. The van der Waals surface area contributed by atoms with Crippen LogP contribution in [0.5, 0.6) is 0 Å². The van der Waals surface area contributed by atoms with E-state index in [0.29, 0.717) is 19.4 Å². The van der Waals surface area contributed by atoms with E-state index in [1.54, 1.807) is 0 Å². The highest BCUT2D eigenvalue weighted by Crippen LogP contribution is 2.12. The van der Waals surface area contributed by atoms with Gasteiger partial charge in [0.2, 0.25) is 0 Å². The lowest BCUT2D eigenvalue weighted by molar-refractivity contribution is -0.163. The van der Waals surface area contributed by atoms with E-state index in [4.69, 9.17) is 14.2 Å². The molecular formula is C59H96O5.